The number of carboxylic acid groups (broad SMARTS) is 1. The SMILES string of the molecule is O=C(O)CC1CC2CCC(C1)N2Cc1noc(C2CC2)n1. The van der Waals surface area contributed by atoms with Gasteiger partial charge in [-0.05, 0) is 44.4 Å². The second-order valence-electron chi connectivity index (χ2n) is 6.82. The van der Waals surface area contributed by atoms with E-state index >= 15 is 0 Å². The van der Waals surface area contributed by atoms with Gasteiger partial charge in [0.25, 0.3) is 0 Å². The van der Waals surface area contributed by atoms with E-state index in [1.54, 1.807) is 0 Å². The van der Waals surface area contributed by atoms with Crippen LogP contribution >= 0.6 is 0 Å². The predicted molar refractivity (Wildman–Crippen MR) is 73.6 cm³/mol. The second kappa shape index (κ2) is 5.09. The Morgan fingerprint density at radius 1 is 1.24 bits per heavy atom. The summed E-state index contributed by atoms with van der Waals surface area (Å²) in [5.41, 5.74) is 0. The van der Waals surface area contributed by atoms with E-state index in [0.29, 0.717) is 30.3 Å². The lowest BCUT2D eigenvalue weighted by Gasteiger charge is -2.37. The van der Waals surface area contributed by atoms with E-state index in [0.717, 1.165) is 31.1 Å². The summed E-state index contributed by atoms with van der Waals surface area (Å²) in [7, 11) is 0. The van der Waals surface area contributed by atoms with Crippen molar-refractivity contribution in [3.63, 3.8) is 0 Å². The zero-order valence-corrected chi connectivity index (χ0v) is 12.1. The molecule has 1 aromatic rings. The van der Waals surface area contributed by atoms with E-state index in [2.05, 4.69) is 15.0 Å². The molecule has 2 aliphatic heterocycles. The highest BCUT2D eigenvalue weighted by Crippen LogP contribution is 2.41. The highest BCUT2D eigenvalue weighted by molar-refractivity contribution is 5.67. The van der Waals surface area contributed by atoms with Gasteiger partial charge >= 0.3 is 5.97 Å². The minimum atomic E-state index is -0.667. The number of aromatic nitrogens is 2. The smallest absolute Gasteiger partial charge is 0.303 e. The number of fused-ring (bicyclic) bond motifs is 2. The number of carboxylic acids is 1. The number of piperidine rings is 1. The molecule has 0 radical (unpaired) electrons. The third-order valence-corrected chi connectivity index (χ3v) is 5.18. The largest absolute Gasteiger partial charge is 0.481 e. The van der Waals surface area contributed by atoms with Gasteiger partial charge in [0, 0.05) is 24.4 Å². The van der Waals surface area contributed by atoms with Crippen LogP contribution in [0.2, 0.25) is 0 Å². The van der Waals surface area contributed by atoms with E-state index < -0.39 is 5.97 Å². The van der Waals surface area contributed by atoms with Gasteiger partial charge in [-0.3, -0.25) is 9.69 Å². The third-order valence-electron chi connectivity index (χ3n) is 5.18. The fourth-order valence-corrected chi connectivity index (χ4v) is 4.05. The molecule has 21 heavy (non-hydrogen) atoms. The van der Waals surface area contributed by atoms with Crippen LogP contribution in [0.15, 0.2) is 4.52 Å². The van der Waals surface area contributed by atoms with Crippen molar-refractivity contribution in [2.24, 2.45) is 5.92 Å². The van der Waals surface area contributed by atoms with Crippen LogP contribution in [0.1, 0.15) is 62.6 Å². The summed E-state index contributed by atoms with van der Waals surface area (Å²) in [4.78, 5) is 17.9. The van der Waals surface area contributed by atoms with Crippen molar-refractivity contribution in [3.05, 3.63) is 11.7 Å². The van der Waals surface area contributed by atoms with Gasteiger partial charge in [0.1, 0.15) is 0 Å². The molecule has 1 aromatic heterocycles. The standard InChI is InChI=1S/C15H21N3O3/c19-14(20)7-9-5-11-3-4-12(6-9)18(11)8-13-16-15(21-17-13)10-1-2-10/h9-12H,1-8H2,(H,19,20). The maximum atomic E-state index is 10.9. The second-order valence-corrected chi connectivity index (χ2v) is 6.82. The first-order valence-electron chi connectivity index (χ1n) is 7.99. The lowest BCUT2D eigenvalue weighted by Crippen LogP contribution is -2.42. The maximum Gasteiger partial charge on any atom is 0.303 e. The molecule has 1 N–H and O–H groups in total. The number of carbonyl (C=O) groups is 1. The molecule has 3 heterocycles. The van der Waals surface area contributed by atoms with Crippen LogP contribution in [0.5, 0.6) is 0 Å². The topological polar surface area (TPSA) is 79.5 Å². The van der Waals surface area contributed by atoms with E-state index in [4.69, 9.17) is 9.63 Å². The van der Waals surface area contributed by atoms with Crippen LogP contribution in [0, 0.1) is 5.92 Å². The van der Waals surface area contributed by atoms with Crippen molar-refractivity contribution in [2.45, 2.75) is 69.5 Å². The van der Waals surface area contributed by atoms with Crippen molar-refractivity contribution in [1.29, 1.82) is 0 Å². The minimum Gasteiger partial charge on any atom is -0.481 e. The molecule has 4 rings (SSSR count). The summed E-state index contributed by atoms with van der Waals surface area (Å²) in [5, 5.41) is 13.1. The van der Waals surface area contributed by atoms with Gasteiger partial charge < -0.3 is 9.63 Å². The summed E-state index contributed by atoms with van der Waals surface area (Å²) in [6.07, 6.45) is 7.00. The van der Waals surface area contributed by atoms with Gasteiger partial charge in [0.15, 0.2) is 5.82 Å². The van der Waals surface area contributed by atoms with Gasteiger partial charge in [-0.15, -0.1) is 0 Å². The Kier molecular flexibility index (Phi) is 3.21. The molecule has 6 heteroatoms. The highest BCUT2D eigenvalue weighted by atomic mass is 16.5. The summed E-state index contributed by atoms with van der Waals surface area (Å²) < 4.78 is 5.33. The zero-order valence-electron chi connectivity index (χ0n) is 12.1. The minimum absolute atomic E-state index is 0.314. The molecule has 0 amide bonds. The Morgan fingerprint density at radius 3 is 2.57 bits per heavy atom. The first kappa shape index (κ1) is 13.2. The zero-order chi connectivity index (χ0) is 14.4. The summed E-state index contributed by atoms with van der Waals surface area (Å²) >= 11 is 0. The average molecular weight is 291 g/mol. The van der Waals surface area contributed by atoms with Crippen LogP contribution < -0.4 is 0 Å². The van der Waals surface area contributed by atoms with Crippen molar-refractivity contribution < 1.29 is 14.4 Å². The lowest BCUT2D eigenvalue weighted by atomic mass is 9.88. The van der Waals surface area contributed by atoms with Gasteiger partial charge in [-0.25, -0.2) is 0 Å². The van der Waals surface area contributed by atoms with Gasteiger partial charge in [0.05, 0.1) is 6.54 Å². The lowest BCUT2D eigenvalue weighted by molar-refractivity contribution is -0.138. The first-order chi connectivity index (χ1) is 10.2. The van der Waals surface area contributed by atoms with Crippen LogP contribution in [0.3, 0.4) is 0 Å². The Labute approximate surface area is 123 Å². The number of hydrogen-bond donors (Lipinski definition) is 1. The van der Waals surface area contributed by atoms with E-state index in [1.807, 2.05) is 0 Å². The Balaban J connectivity index is 1.40. The summed E-state index contributed by atoms with van der Waals surface area (Å²) in [5.74, 6) is 1.77. The molecule has 3 fully saturated rings. The molecule has 1 aliphatic carbocycles. The van der Waals surface area contributed by atoms with Crippen molar-refractivity contribution in [1.82, 2.24) is 15.0 Å². The number of hydrogen-bond acceptors (Lipinski definition) is 5. The molecule has 0 spiro atoms. The first-order valence-corrected chi connectivity index (χ1v) is 7.99. The molecule has 2 bridgehead atoms. The maximum absolute atomic E-state index is 10.9. The quantitative estimate of drug-likeness (QED) is 0.895. The van der Waals surface area contributed by atoms with E-state index in [9.17, 15) is 4.79 Å². The third kappa shape index (κ3) is 2.69. The molecule has 3 aliphatic rings. The molecule has 1 saturated carbocycles. The van der Waals surface area contributed by atoms with Crippen molar-refractivity contribution in [2.75, 3.05) is 0 Å². The van der Waals surface area contributed by atoms with Crippen LogP contribution in [-0.4, -0.2) is 38.2 Å². The molecule has 2 unspecified atom stereocenters. The van der Waals surface area contributed by atoms with E-state index in [-0.39, 0.29) is 0 Å². The molecule has 114 valence electrons. The van der Waals surface area contributed by atoms with Gasteiger partial charge in [-0.2, -0.15) is 4.98 Å². The monoisotopic (exact) mass is 291 g/mol. The highest BCUT2D eigenvalue weighted by Gasteiger charge is 2.41. The Morgan fingerprint density at radius 2 is 1.95 bits per heavy atom. The molecule has 0 aromatic carbocycles. The number of rotatable bonds is 5. The van der Waals surface area contributed by atoms with E-state index in [1.165, 1.54) is 25.7 Å². The predicted octanol–water partition coefficient (Wildman–Crippen LogP) is 2.16. The fourth-order valence-electron chi connectivity index (χ4n) is 4.05. The Bertz CT molecular complexity index is 526. The molecular formula is C15H21N3O3. The fraction of sp³-hybridized carbons (Fsp3) is 0.800. The summed E-state index contributed by atoms with van der Waals surface area (Å²) in [6, 6.07) is 0.993. The number of nitrogens with zero attached hydrogens (tertiary/aromatic N) is 3. The van der Waals surface area contributed by atoms with Crippen molar-refractivity contribution in [3.8, 4) is 0 Å². The van der Waals surface area contributed by atoms with Gasteiger partial charge in [0.2, 0.25) is 5.89 Å². The average Bonchev–Trinajstić information content (AvgIpc) is 3.14. The van der Waals surface area contributed by atoms with Crippen LogP contribution in [0.25, 0.3) is 0 Å². The molecule has 2 saturated heterocycles. The molecule has 2 atom stereocenters. The van der Waals surface area contributed by atoms with Crippen LogP contribution in [-0.2, 0) is 11.3 Å². The molecular weight excluding hydrogens is 270 g/mol. The van der Waals surface area contributed by atoms with Crippen molar-refractivity contribution >= 4 is 5.97 Å². The number of aliphatic carboxylic acids is 1. The normalized spacial score (nSPS) is 32.5. The van der Waals surface area contributed by atoms with Gasteiger partial charge in [-0.1, -0.05) is 5.16 Å². The molecule has 6 nitrogen and oxygen atoms in total. The summed E-state index contributed by atoms with van der Waals surface area (Å²) in [6.45, 7) is 0.755. The Hall–Kier alpha value is -1.43. The van der Waals surface area contributed by atoms with Crippen LogP contribution in [0.4, 0.5) is 0 Å².